The molecule has 6 nitrogen and oxygen atoms in total. The molecule has 1 atom stereocenters. The zero-order valence-corrected chi connectivity index (χ0v) is 20.8. The molecule has 36 heavy (non-hydrogen) atoms. The highest BCUT2D eigenvalue weighted by molar-refractivity contribution is 5.88. The summed E-state index contributed by atoms with van der Waals surface area (Å²) in [6, 6.07) is 12.7. The van der Waals surface area contributed by atoms with Crippen molar-refractivity contribution in [1.82, 2.24) is 14.8 Å². The zero-order chi connectivity index (χ0) is 24.9. The number of hydrogen-bond donors (Lipinski definition) is 2. The number of hydrogen-bond acceptors (Lipinski definition) is 4. The minimum atomic E-state index is -0.265. The van der Waals surface area contributed by atoms with Crippen molar-refractivity contribution in [1.29, 1.82) is 0 Å². The minimum absolute atomic E-state index is 0. The van der Waals surface area contributed by atoms with E-state index in [-0.39, 0.29) is 32.7 Å². The van der Waals surface area contributed by atoms with Crippen LogP contribution in [0.3, 0.4) is 0 Å². The fraction of sp³-hybridized carbons (Fsp3) is 0.483. The normalized spacial score (nSPS) is 22.0. The fourth-order valence-electron chi connectivity index (χ4n) is 6.60. The molecule has 1 amide bonds. The topological polar surface area (TPSA) is 68.8 Å². The lowest BCUT2D eigenvalue weighted by Crippen LogP contribution is -2.55. The number of aliphatic hydroxyl groups excluding tert-OH is 1. The van der Waals surface area contributed by atoms with E-state index in [1.165, 1.54) is 11.6 Å². The van der Waals surface area contributed by atoms with Gasteiger partial charge < -0.3 is 19.7 Å². The molecule has 0 unspecified atom stereocenters. The first-order chi connectivity index (χ1) is 17.5. The molecule has 1 spiro atoms. The van der Waals surface area contributed by atoms with E-state index in [9.17, 15) is 14.3 Å². The lowest BCUT2D eigenvalue weighted by Gasteiger charge is -2.50. The van der Waals surface area contributed by atoms with Gasteiger partial charge in [0.05, 0.1) is 19.8 Å². The van der Waals surface area contributed by atoms with Crippen molar-refractivity contribution in [2.75, 3.05) is 33.4 Å². The summed E-state index contributed by atoms with van der Waals surface area (Å²) in [6.07, 6.45) is 4.89. The molecule has 1 saturated heterocycles. The maximum absolute atomic E-state index is 14.7. The molecule has 0 radical (unpaired) electrons. The second-order valence-corrected chi connectivity index (χ2v) is 10.8. The second-order valence-electron chi connectivity index (χ2n) is 10.8. The van der Waals surface area contributed by atoms with Gasteiger partial charge in [-0.3, -0.25) is 9.69 Å². The van der Waals surface area contributed by atoms with E-state index in [1.54, 1.807) is 13.2 Å². The van der Waals surface area contributed by atoms with E-state index >= 15 is 0 Å². The van der Waals surface area contributed by atoms with Gasteiger partial charge in [0.15, 0.2) is 0 Å². The summed E-state index contributed by atoms with van der Waals surface area (Å²) in [5.41, 5.74) is 3.68. The number of aromatic nitrogens is 1. The molecule has 1 saturated carbocycles. The van der Waals surface area contributed by atoms with E-state index in [0.717, 1.165) is 67.5 Å². The van der Waals surface area contributed by atoms with Crippen molar-refractivity contribution in [3.05, 3.63) is 65.1 Å². The number of likely N-dealkylation sites (tertiary alicyclic amines) is 1. The molecule has 0 bridgehead atoms. The Balaban J connectivity index is 0.00000168. The van der Waals surface area contributed by atoms with Gasteiger partial charge in [0.1, 0.15) is 11.6 Å². The van der Waals surface area contributed by atoms with Crippen molar-refractivity contribution < 1.29 is 21.9 Å². The molecule has 2 fully saturated rings. The first-order valence-corrected chi connectivity index (χ1v) is 13.1. The third-order valence-corrected chi connectivity index (χ3v) is 8.84. The van der Waals surface area contributed by atoms with Gasteiger partial charge in [-0.2, -0.15) is 0 Å². The van der Waals surface area contributed by atoms with E-state index < -0.39 is 0 Å². The number of nitrogens with one attached hydrogen (secondary N) is 1. The van der Waals surface area contributed by atoms with Crippen LogP contribution >= 0.6 is 0 Å². The van der Waals surface area contributed by atoms with Crippen molar-refractivity contribution in [3.8, 4) is 5.75 Å². The van der Waals surface area contributed by atoms with Gasteiger partial charge in [0, 0.05) is 68.6 Å². The number of H-pyrrole nitrogens is 1. The summed E-state index contributed by atoms with van der Waals surface area (Å²) < 4.78 is 20.1. The largest absolute Gasteiger partial charge is 0.497 e. The Labute approximate surface area is 214 Å². The summed E-state index contributed by atoms with van der Waals surface area (Å²) in [5.74, 6) is 1.07. The van der Waals surface area contributed by atoms with Crippen LogP contribution < -0.4 is 4.74 Å². The van der Waals surface area contributed by atoms with Crippen molar-refractivity contribution in [2.45, 2.75) is 50.1 Å². The van der Waals surface area contributed by atoms with Crippen LogP contribution in [0.2, 0.25) is 0 Å². The average Bonchev–Trinajstić information content (AvgIpc) is 3.24. The smallest absolute Gasteiger partial charge is 0.225 e. The fourth-order valence-corrected chi connectivity index (χ4v) is 6.60. The molecule has 6 rings (SSSR count). The van der Waals surface area contributed by atoms with Crippen molar-refractivity contribution >= 4 is 16.8 Å². The average molecular weight is 496 g/mol. The van der Waals surface area contributed by atoms with Crippen molar-refractivity contribution in [3.63, 3.8) is 0 Å². The highest BCUT2D eigenvalue weighted by atomic mass is 19.1. The molecule has 194 valence electrons. The molecule has 3 heterocycles. The van der Waals surface area contributed by atoms with Crippen LogP contribution in [0.1, 0.15) is 57.8 Å². The number of benzene rings is 2. The Morgan fingerprint density at radius 2 is 2.00 bits per heavy atom. The van der Waals surface area contributed by atoms with Crippen LogP contribution in [0.5, 0.6) is 5.75 Å². The first-order valence-electron chi connectivity index (χ1n) is 13.1. The SMILES string of the molecule is COc1ccc2c3c([nH]c2c1)[C@H](CO)N(Cc1ccccc1F)CC31CCN(C(=O)C2CCC2)CC1.[HH].[HH]. The maximum Gasteiger partial charge on any atom is 0.225 e. The number of carbonyl (C=O) groups excluding carboxylic acids is 1. The number of ether oxygens (including phenoxy) is 1. The van der Waals surface area contributed by atoms with Crippen LogP contribution in [0.15, 0.2) is 42.5 Å². The van der Waals surface area contributed by atoms with Gasteiger partial charge in [0.25, 0.3) is 0 Å². The Kier molecular flexibility index (Phi) is 6.00. The summed E-state index contributed by atoms with van der Waals surface area (Å²) in [6.45, 7) is 2.53. The standard InChI is InChI=1S/C29H34FN3O3.2H2/c1-36-21-9-10-22-24(15-21)31-27-25(17-34)33(16-20-5-2-3-8-23(20)30)18-29(26(22)27)11-13-32(14-12-29)28(35)19-6-4-7-19;;/h2-3,5,8-10,15,19,25,31,34H,4,6-7,11-14,16-18H2,1H3;2*1H/t25-;;/m0../s1. The molecule has 7 heteroatoms. The van der Waals surface area contributed by atoms with Crippen LogP contribution in [0, 0.1) is 11.7 Å². The monoisotopic (exact) mass is 495 g/mol. The lowest BCUT2D eigenvalue weighted by atomic mass is 9.68. The highest BCUT2D eigenvalue weighted by Gasteiger charge is 2.48. The number of amides is 1. The van der Waals surface area contributed by atoms with Gasteiger partial charge in [-0.05, 0) is 49.4 Å². The molecule has 3 aromatic rings. The predicted octanol–water partition coefficient (Wildman–Crippen LogP) is 5.02. The molecule has 3 aliphatic rings. The molecule has 1 aromatic heterocycles. The van der Waals surface area contributed by atoms with Crippen LogP contribution in [0.4, 0.5) is 4.39 Å². The number of rotatable bonds is 5. The van der Waals surface area contributed by atoms with Crippen LogP contribution in [0.25, 0.3) is 10.9 Å². The minimum Gasteiger partial charge on any atom is -0.497 e. The summed E-state index contributed by atoms with van der Waals surface area (Å²) in [4.78, 5) is 20.9. The molecular formula is C29H38FN3O3. The van der Waals surface area contributed by atoms with Gasteiger partial charge >= 0.3 is 0 Å². The van der Waals surface area contributed by atoms with Gasteiger partial charge in [0.2, 0.25) is 5.91 Å². The number of nitrogens with zero attached hydrogens (tertiary/aromatic N) is 2. The van der Waals surface area contributed by atoms with E-state index in [4.69, 9.17) is 4.74 Å². The lowest BCUT2D eigenvalue weighted by molar-refractivity contribution is -0.140. The summed E-state index contributed by atoms with van der Waals surface area (Å²) >= 11 is 0. The summed E-state index contributed by atoms with van der Waals surface area (Å²) in [5, 5.41) is 11.7. The van der Waals surface area contributed by atoms with Gasteiger partial charge in [-0.15, -0.1) is 0 Å². The Morgan fingerprint density at radius 1 is 1.22 bits per heavy atom. The molecule has 1 aliphatic carbocycles. The Morgan fingerprint density at radius 3 is 2.67 bits per heavy atom. The van der Waals surface area contributed by atoms with E-state index in [2.05, 4.69) is 20.9 Å². The number of piperidine rings is 1. The molecule has 2 aliphatic heterocycles. The second kappa shape index (κ2) is 9.20. The number of halogens is 1. The van der Waals surface area contributed by atoms with E-state index in [1.807, 2.05) is 24.3 Å². The first kappa shape index (κ1) is 23.5. The van der Waals surface area contributed by atoms with Crippen LogP contribution in [-0.2, 0) is 16.8 Å². The number of aliphatic hydroxyl groups is 1. The number of aromatic amines is 1. The van der Waals surface area contributed by atoms with Crippen LogP contribution in [-0.4, -0.2) is 59.1 Å². The zero-order valence-electron chi connectivity index (χ0n) is 20.8. The van der Waals surface area contributed by atoms with Gasteiger partial charge in [-0.1, -0.05) is 24.6 Å². The Bertz CT molecular complexity index is 1290. The highest BCUT2D eigenvalue weighted by Crippen LogP contribution is 2.49. The Hall–Kier alpha value is -2.90. The summed E-state index contributed by atoms with van der Waals surface area (Å²) in [7, 11) is 1.66. The molecule has 2 aromatic carbocycles. The third kappa shape index (κ3) is 3.80. The number of methoxy groups -OCH3 is 1. The maximum atomic E-state index is 14.7. The third-order valence-electron chi connectivity index (χ3n) is 8.84. The molecular weight excluding hydrogens is 457 g/mol. The van der Waals surface area contributed by atoms with E-state index in [0.29, 0.717) is 24.6 Å². The van der Waals surface area contributed by atoms with Crippen molar-refractivity contribution in [2.24, 2.45) is 5.92 Å². The quantitative estimate of drug-likeness (QED) is 0.522. The number of carbonyl (C=O) groups is 1. The number of fused-ring (bicyclic) bond motifs is 4. The molecule has 2 N–H and O–H groups in total. The van der Waals surface area contributed by atoms with Gasteiger partial charge in [-0.25, -0.2) is 4.39 Å². The predicted molar refractivity (Wildman–Crippen MR) is 141 cm³/mol.